The molecule has 0 aliphatic rings. The zero-order valence-electron chi connectivity index (χ0n) is 20.8. The smallest absolute Gasteiger partial charge is 0.274 e. The Kier molecular flexibility index (Phi) is 6.57. The Labute approximate surface area is 207 Å². The molecule has 0 saturated heterocycles. The van der Waals surface area contributed by atoms with E-state index in [-0.39, 0.29) is 18.1 Å². The lowest BCUT2D eigenvalue weighted by Gasteiger charge is -2.13. The third-order valence-electron chi connectivity index (χ3n) is 5.78. The first-order chi connectivity index (χ1) is 16.5. The van der Waals surface area contributed by atoms with Crippen LogP contribution in [0.15, 0.2) is 35.4 Å². The molecule has 0 aromatic carbocycles. The fourth-order valence-electron chi connectivity index (χ4n) is 3.90. The second-order valence-electron chi connectivity index (χ2n) is 9.22. The average Bonchev–Trinajstić information content (AvgIpc) is 3.41. The molecular weight excluding hydrogens is 464 g/mol. The van der Waals surface area contributed by atoms with Gasteiger partial charge in [-0.05, 0) is 57.9 Å². The normalized spacial score (nSPS) is 11.7. The summed E-state index contributed by atoms with van der Waals surface area (Å²) < 4.78 is 7.73. The van der Waals surface area contributed by atoms with Gasteiger partial charge in [0.25, 0.3) is 11.5 Å². The summed E-state index contributed by atoms with van der Waals surface area (Å²) in [4.78, 5) is 34.3. The van der Waals surface area contributed by atoms with Gasteiger partial charge in [0.05, 0.1) is 16.2 Å². The van der Waals surface area contributed by atoms with E-state index in [0.29, 0.717) is 28.9 Å². The van der Waals surface area contributed by atoms with Crippen LogP contribution in [0.2, 0.25) is 0 Å². The van der Waals surface area contributed by atoms with Gasteiger partial charge in [0.1, 0.15) is 23.6 Å². The first-order valence-electron chi connectivity index (χ1n) is 11.4. The monoisotopic (exact) mass is 494 g/mol. The molecular formula is C26H30N4O4S. The number of carbonyl (C=O) groups is 1. The Bertz CT molecular complexity index is 1470. The van der Waals surface area contributed by atoms with Gasteiger partial charge >= 0.3 is 0 Å². The predicted molar refractivity (Wildman–Crippen MR) is 138 cm³/mol. The molecule has 0 fully saturated rings. The van der Waals surface area contributed by atoms with E-state index in [0.717, 1.165) is 32.1 Å². The molecule has 184 valence electrons. The summed E-state index contributed by atoms with van der Waals surface area (Å²) in [6.45, 7) is 10.00. The van der Waals surface area contributed by atoms with Crippen molar-refractivity contribution >= 4 is 28.1 Å². The zero-order valence-corrected chi connectivity index (χ0v) is 21.6. The number of aromatic nitrogens is 3. The fourth-order valence-corrected chi connectivity index (χ4v) is 5.03. The number of pyridine rings is 2. The van der Waals surface area contributed by atoms with Gasteiger partial charge in [-0.25, -0.2) is 0 Å². The maximum Gasteiger partial charge on any atom is 0.274 e. The lowest BCUT2D eigenvalue weighted by molar-refractivity contribution is 0.0823. The Morgan fingerprint density at radius 3 is 2.69 bits per heavy atom. The topological polar surface area (TPSA) is 109 Å². The standard InChI is InChI=1S/C26H30N4O4S/c1-7-27-24(31)18-9-16-17(12-30(6)25(32)22(16)29-18)23-20(10-21(35-23)26(4,5)33)34-13-19-15(3)8-14(2)11-28-19/h8-12,29,33H,7,13H2,1-6H3,(H,27,31). The number of nitrogens with zero attached hydrogens (tertiary/aromatic N) is 2. The highest BCUT2D eigenvalue weighted by molar-refractivity contribution is 7.16. The minimum atomic E-state index is -1.08. The van der Waals surface area contributed by atoms with Crippen LogP contribution >= 0.6 is 11.3 Å². The SMILES string of the molecule is CCNC(=O)c1cc2c(-c3sc(C(C)(C)O)cc3OCc3ncc(C)cc3C)cn(C)c(=O)c2[nH]1. The van der Waals surface area contributed by atoms with Crippen molar-refractivity contribution in [2.45, 2.75) is 46.8 Å². The first kappa shape index (κ1) is 24.7. The number of ether oxygens (including phenoxy) is 1. The third kappa shape index (κ3) is 4.87. The number of nitrogens with one attached hydrogen (secondary N) is 2. The van der Waals surface area contributed by atoms with Gasteiger partial charge < -0.3 is 24.7 Å². The summed E-state index contributed by atoms with van der Waals surface area (Å²) in [5.74, 6) is 0.298. The molecule has 1 amide bonds. The minimum Gasteiger partial charge on any atom is -0.486 e. The molecule has 0 aliphatic heterocycles. The van der Waals surface area contributed by atoms with Gasteiger partial charge in [-0.3, -0.25) is 14.6 Å². The number of aliphatic hydroxyl groups is 1. The van der Waals surface area contributed by atoms with Crippen LogP contribution in [0, 0.1) is 13.8 Å². The molecule has 0 radical (unpaired) electrons. The van der Waals surface area contributed by atoms with Gasteiger partial charge in [-0.2, -0.15) is 0 Å². The van der Waals surface area contributed by atoms with Gasteiger partial charge in [0.2, 0.25) is 0 Å². The number of fused-ring (bicyclic) bond motifs is 1. The molecule has 0 unspecified atom stereocenters. The van der Waals surface area contributed by atoms with E-state index in [2.05, 4.69) is 21.4 Å². The molecule has 4 aromatic rings. The second-order valence-corrected chi connectivity index (χ2v) is 10.3. The summed E-state index contributed by atoms with van der Waals surface area (Å²) in [6.07, 6.45) is 3.55. The van der Waals surface area contributed by atoms with Crippen molar-refractivity contribution in [1.29, 1.82) is 0 Å². The van der Waals surface area contributed by atoms with Crippen LogP contribution in [0.25, 0.3) is 21.3 Å². The molecule has 0 bridgehead atoms. The van der Waals surface area contributed by atoms with Crippen LogP contribution in [-0.2, 0) is 19.3 Å². The molecule has 0 aliphatic carbocycles. The first-order valence-corrected chi connectivity index (χ1v) is 12.2. The number of hydrogen-bond acceptors (Lipinski definition) is 6. The maximum absolute atomic E-state index is 12.9. The van der Waals surface area contributed by atoms with Gasteiger partial charge in [0.15, 0.2) is 0 Å². The van der Waals surface area contributed by atoms with Crippen LogP contribution in [0.5, 0.6) is 5.75 Å². The number of aromatic amines is 1. The van der Waals surface area contributed by atoms with Crippen molar-refractivity contribution in [3.8, 4) is 16.2 Å². The summed E-state index contributed by atoms with van der Waals surface area (Å²) >= 11 is 1.39. The highest BCUT2D eigenvalue weighted by atomic mass is 32.1. The lowest BCUT2D eigenvalue weighted by Crippen LogP contribution is -2.23. The quantitative estimate of drug-likeness (QED) is 0.357. The molecule has 3 N–H and O–H groups in total. The average molecular weight is 495 g/mol. The number of rotatable bonds is 7. The number of amides is 1. The summed E-state index contributed by atoms with van der Waals surface area (Å²) in [6, 6.07) is 5.58. The van der Waals surface area contributed by atoms with Crippen molar-refractivity contribution in [2.24, 2.45) is 7.05 Å². The molecule has 35 heavy (non-hydrogen) atoms. The van der Waals surface area contributed by atoms with E-state index in [1.807, 2.05) is 33.0 Å². The van der Waals surface area contributed by atoms with E-state index >= 15 is 0 Å². The number of hydrogen-bond donors (Lipinski definition) is 3. The Morgan fingerprint density at radius 1 is 1.29 bits per heavy atom. The third-order valence-corrected chi connectivity index (χ3v) is 7.24. The number of thiophene rings is 1. The van der Waals surface area contributed by atoms with Crippen LogP contribution in [0.4, 0.5) is 0 Å². The highest BCUT2D eigenvalue weighted by Crippen LogP contribution is 2.44. The Hall–Kier alpha value is -3.43. The fraction of sp³-hybridized carbons (Fsp3) is 0.346. The molecule has 9 heteroatoms. The van der Waals surface area contributed by atoms with E-state index in [1.165, 1.54) is 15.9 Å². The van der Waals surface area contributed by atoms with Crippen molar-refractivity contribution in [2.75, 3.05) is 6.54 Å². The van der Waals surface area contributed by atoms with Crippen molar-refractivity contribution in [3.63, 3.8) is 0 Å². The Balaban J connectivity index is 1.86. The molecule has 4 heterocycles. The number of aryl methyl sites for hydroxylation is 3. The highest BCUT2D eigenvalue weighted by Gasteiger charge is 2.25. The van der Waals surface area contributed by atoms with E-state index in [1.54, 1.807) is 33.2 Å². The Morgan fingerprint density at radius 2 is 2.03 bits per heavy atom. The van der Waals surface area contributed by atoms with Crippen LogP contribution in [0.3, 0.4) is 0 Å². The summed E-state index contributed by atoms with van der Waals surface area (Å²) in [5.41, 5.74) is 3.00. The molecule has 0 saturated carbocycles. The van der Waals surface area contributed by atoms with Gasteiger partial charge in [0, 0.05) is 41.8 Å². The molecule has 0 atom stereocenters. The minimum absolute atomic E-state index is 0.236. The second kappa shape index (κ2) is 9.31. The maximum atomic E-state index is 12.9. The van der Waals surface area contributed by atoms with Crippen molar-refractivity contribution in [3.05, 3.63) is 68.3 Å². The van der Waals surface area contributed by atoms with Crippen molar-refractivity contribution < 1.29 is 14.6 Å². The lowest BCUT2D eigenvalue weighted by atomic mass is 10.1. The van der Waals surface area contributed by atoms with Gasteiger partial charge in [-0.1, -0.05) is 6.07 Å². The largest absolute Gasteiger partial charge is 0.486 e. The van der Waals surface area contributed by atoms with E-state index in [9.17, 15) is 14.7 Å². The van der Waals surface area contributed by atoms with Crippen molar-refractivity contribution in [1.82, 2.24) is 19.9 Å². The molecule has 8 nitrogen and oxygen atoms in total. The van der Waals surface area contributed by atoms with Crippen LogP contribution < -0.4 is 15.6 Å². The summed E-state index contributed by atoms with van der Waals surface area (Å²) in [7, 11) is 1.67. The van der Waals surface area contributed by atoms with E-state index < -0.39 is 5.60 Å². The molecule has 4 aromatic heterocycles. The number of carbonyl (C=O) groups excluding carboxylic acids is 1. The van der Waals surface area contributed by atoms with Crippen LogP contribution in [0.1, 0.15) is 53.0 Å². The predicted octanol–water partition coefficient (Wildman–Crippen LogP) is 4.16. The van der Waals surface area contributed by atoms with Gasteiger partial charge in [-0.15, -0.1) is 11.3 Å². The molecule has 0 spiro atoms. The number of H-pyrrole nitrogens is 1. The van der Waals surface area contributed by atoms with Crippen LogP contribution in [-0.4, -0.2) is 32.1 Å². The zero-order chi connectivity index (χ0) is 25.5. The summed E-state index contributed by atoms with van der Waals surface area (Å²) in [5, 5.41) is 14.1. The van der Waals surface area contributed by atoms with E-state index in [4.69, 9.17) is 4.74 Å². The molecule has 4 rings (SSSR count).